The summed E-state index contributed by atoms with van der Waals surface area (Å²) in [5.41, 5.74) is 0.665. The number of rotatable bonds is 7. The van der Waals surface area contributed by atoms with E-state index in [9.17, 15) is 22.8 Å². The molecule has 3 rings (SSSR count). The number of halogens is 3. The quantitative estimate of drug-likeness (QED) is 0.282. The second kappa shape index (κ2) is 13.9. The topological polar surface area (TPSA) is 86.3 Å². The molecule has 1 atom stereocenters. The van der Waals surface area contributed by atoms with Gasteiger partial charge in [0.1, 0.15) is 5.75 Å². The lowest BCUT2D eigenvalue weighted by molar-refractivity contribution is -0.138. The molecule has 0 aliphatic carbocycles. The third kappa shape index (κ3) is 9.12. The molecule has 8 nitrogen and oxygen atoms in total. The highest BCUT2D eigenvalue weighted by atomic mass is 19.4. The molecule has 0 unspecified atom stereocenters. The molecular weight excluding hydrogens is 535 g/mol. The number of hydrogen-bond acceptors (Lipinski definition) is 5. The number of ether oxygens (including phenoxy) is 1. The summed E-state index contributed by atoms with van der Waals surface area (Å²) in [4.78, 5) is 32.6. The van der Waals surface area contributed by atoms with E-state index in [1.54, 1.807) is 37.4 Å². The lowest BCUT2D eigenvalue weighted by Crippen LogP contribution is -2.52. The van der Waals surface area contributed by atoms with Crippen LogP contribution < -0.4 is 15.4 Å². The Kier molecular flexibility index (Phi) is 10.6. The molecule has 2 N–H and O–H groups in total. The Morgan fingerprint density at radius 1 is 1.07 bits per heavy atom. The number of benzene rings is 2. The second-order valence-electron chi connectivity index (χ2n) is 9.79. The van der Waals surface area contributed by atoms with E-state index in [0.717, 1.165) is 18.2 Å². The fourth-order valence-electron chi connectivity index (χ4n) is 4.38. The van der Waals surface area contributed by atoms with Gasteiger partial charge in [-0.15, -0.1) is 0 Å². The molecule has 1 aliphatic rings. The highest BCUT2D eigenvalue weighted by Gasteiger charge is 2.32. The Hall–Kier alpha value is -4.28. The number of aryl methyl sites for hydroxylation is 1. The van der Waals surface area contributed by atoms with Crippen molar-refractivity contribution in [2.24, 2.45) is 4.99 Å². The number of urea groups is 1. The number of nitrogens with one attached hydrogen (secondary N) is 2. The molecular formula is C30H36F3N5O3. The van der Waals surface area contributed by atoms with Crippen LogP contribution in [0.3, 0.4) is 0 Å². The lowest BCUT2D eigenvalue weighted by atomic mass is 10.1. The molecule has 41 heavy (non-hydrogen) atoms. The van der Waals surface area contributed by atoms with E-state index >= 15 is 0 Å². The molecule has 0 radical (unpaired) electrons. The van der Waals surface area contributed by atoms with Crippen molar-refractivity contribution in [2.75, 3.05) is 30.3 Å². The number of anilines is 2. The van der Waals surface area contributed by atoms with Gasteiger partial charge in [0, 0.05) is 61.9 Å². The van der Waals surface area contributed by atoms with Gasteiger partial charge in [0.25, 0.3) is 0 Å². The largest absolute Gasteiger partial charge is 0.439 e. The summed E-state index contributed by atoms with van der Waals surface area (Å²) in [7, 11) is 0. The normalized spacial score (nSPS) is 16.6. The molecule has 1 fully saturated rings. The van der Waals surface area contributed by atoms with Crippen molar-refractivity contribution in [3.05, 3.63) is 77.6 Å². The van der Waals surface area contributed by atoms with Crippen molar-refractivity contribution < 1.29 is 27.5 Å². The zero-order valence-corrected chi connectivity index (χ0v) is 23.9. The molecule has 0 aromatic heterocycles. The summed E-state index contributed by atoms with van der Waals surface area (Å²) in [6.07, 6.45) is 1.71. The second-order valence-corrected chi connectivity index (χ2v) is 9.79. The van der Waals surface area contributed by atoms with Crippen LogP contribution >= 0.6 is 0 Å². The number of nitrogens with zero attached hydrogens (tertiary/aromatic N) is 3. The molecule has 1 saturated heterocycles. The van der Waals surface area contributed by atoms with E-state index in [0.29, 0.717) is 37.0 Å². The van der Waals surface area contributed by atoms with Gasteiger partial charge in [-0.25, -0.2) is 9.79 Å². The average molecular weight is 572 g/mol. The maximum Gasteiger partial charge on any atom is 0.416 e. The maximum absolute atomic E-state index is 13.2. The SMILES string of the molecule is CC/C=C/N=C(/C=C(\C)N1CCN(C(C)=O)C[C@H]1C)Oc1ccc(NC(=O)Nc2ccc(C)c(C(F)(F)F)c2)cc1. The molecule has 0 saturated carbocycles. The molecule has 3 amide bonds. The van der Waals surface area contributed by atoms with Gasteiger partial charge in [-0.3, -0.25) is 4.79 Å². The Bertz CT molecular complexity index is 1320. The van der Waals surface area contributed by atoms with Crippen LogP contribution in [0.25, 0.3) is 0 Å². The van der Waals surface area contributed by atoms with Crippen LogP contribution in [-0.2, 0) is 11.0 Å². The number of piperazine rings is 1. The zero-order valence-electron chi connectivity index (χ0n) is 23.9. The number of aliphatic imine (C=N–C) groups is 1. The van der Waals surface area contributed by atoms with E-state index in [1.807, 2.05) is 30.9 Å². The van der Waals surface area contributed by atoms with Crippen LogP contribution in [0.5, 0.6) is 5.75 Å². The van der Waals surface area contributed by atoms with Crippen LogP contribution in [0.15, 0.2) is 71.5 Å². The summed E-state index contributed by atoms with van der Waals surface area (Å²) in [6, 6.07) is 9.61. The minimum absolute atomic E-state index is 0.0283. The fourth-order valence-corrected chi connectivity index (χ4v) is 4.38. The fraction of sp³-hybridized carbons (Fsp3) is 0.367. The Morgan fingerprint density at radius 2 is 1.73 bits per heavy atom. The Balaban J connectivity index is 1.67. The van der Waals surface area contributed by atoms with Crippen molar-refractivity contribution in [3.8, 4) is 5.75 Å². The van der Waals surface area contributed by atoms with Crippen molar-refractivity contribution in [3.63, 3.8) is 0 Å². The van der Waals surface area contributed by atoms with Gasteiger partial charge in [-0.2, -0.15) is 13.2 Å². The van der Waals surface area contributed by atoms with Gasteiger partial charge >= 0.3 is 12.2 Å². The smallest absolute Gasteiger partial charge is 0.416 e. The first-order valence-electron chi connectivity index (χ1n) is 13.3. The first-order valence-corrected chi connectivity index (χ1v) is 13.3. The average Bonchev–Trinajstić information content (AvgIpc) is 2.90. The van der Waals surface area contributed by atoms with Gasteiger partial charge in [-0.1, -0.05) is 19.1 Å². The number of alkyl halides is 3. The van der Waals surface area contributed by atoms with Crippen LogP contribution in [0, 0.1) is 6.92 Å². The van der Waals surface area contributed by atoms with Crippen molar-refractivity contribution in [2.45, 2.75) is 53.3 Å². The third-order valence-corrected chi connectivity index (χ3v) is 6.54. The highest BCUT2D eigenvalue weighted by molar-refractivity contribution is 6.00. The summed E-state index contributed by atoms with van der Waals surface area (Å²) in [5, 5.41) is 5.03. The molecule has 0 bridgehead atoms. The lowest BCUT2D eigenvalue weighted by Gasteiger charge is -2.41. The molecule has 11 heteroatoms. The number of carbonyl (C=O) groups excluding carboxylic acids is 2. The van der Waals surface area contributed by atoms with Crippen LogP contribution in [-0.4, -0.2) is 53.3 Å². The van der Waals surface area contributed by atoms with E-state index in [2.05, 4.69) is 27.4 Å². The zero-order chi connectivity index (χ0) is 30.2. The molecule has 1 aliphatic heterocycles. The minimum Gasteiger partial charge on any atom is -0.439 e. The molecule has 0 spiro atoms. The summed E-state index contributed by atoms with van der Waals surface area (Å²) >= 11 is 0. The van der Waals surface area contributed by atoms with Gasteiger partial charge in [0.05, 0.1) is 5.56 Å². The van der Waals surface area contributed by atoms with Crippen LogP contribution in [0.1, 0.15) is 45.2 Å². The highest BCUT2D eigenvalue weighted by Crippen LogP contribution is 2.33. The van der Waals surface area contributed by atoms with E-state index in [4.69, 9.17) is 4.74 Å². The van der Waals surface area contributed by atoms with E-state index in [-0.39, 0.29) is 23.2 Å². The first kappa shape index (κ1) is 31.3. The monoisotopic (exact) mass is 571 g/mol. The molecule has 220 valence electrons. The van der Waals surface area contributed by atoms with Crippen molar-refractivity contribution in [1.29, 1.82) is 0 Å². The summed E-state index contributed by atoms with van der Waals surface area (Å²) < 4.78 is 45.6. The summed E-state index contributed by atoms with van der Waals surface area (Å²) in [5.74, 6) is 0.910. The molecule has 2 aromatic rings. The van der Waals surface area contributed by atoms with Crippen molar-refractivity contribution >= 4 is 29.2 Å². The molecule has 1 heterocycles. The number of amides is 3. The van der Waals surface area contributed by atoms with Gasteiger partial charge < -0.3 is 25.2 Å². The number of carbonyl (C=O) groups is 2. The van der Waals surface area contributed by atoms with Crippen LogP contribution in [0.2, 0.25) is 0 Å². The predicted molar refractivity (Wildman–Crippen MR) is 155 cm³/mol. The molecule has 2 aromatic carbocycles. The van der Waals surface area contributed by atoms with Crippen LogP contribution in [0.4, 0.5) is 29.3 Å². The minimum atomic E-state index is -4.51. The van der Waals surface area contributed by atoms with E-state index in [1.165, 1.54) is 19.1 Å². The maximum atomic E-state index is 13.2. The van der Waals surface area contributed by atoms with Crippen molar-refractivity contribution in [1.82, 2.24) is 9.80 Å². The number of allylic oxidation sites excluding steroid dienone is 2. The van der Waals surface area contributed by atoms with Gasteiger partial charge in [0.2, 0.25) is 11.8 Å². The van der Waals surface area contributed by atoms with Gasteiger partial charge in [-0.05, 0) is 69.2 Å². The standard InChI is InChI=1S/C30H36F3N5O3/c1-6-7-14-34-28(17-21(3)38-16-15-37(23(5)39)19-22(38)4)41-26-12-10-24(11-13-26)35-29(40)36-25-9-8-20(2)27(18-25)30(31,32)33/h7-14,17-18,22H,6,15-16,19H2,1-5H3,(H2,35,36,40)/b14-7+,21-17+,34-28-/t22-/m1/s1. The Labute approximate surface area is 238 Å². The number of hydrogen-bond donors (Lipinski definition) is 2. The third-order valence-electron chi connectivity index (χ3n) is 6.54. The predicted octanol–water partition coefficient (Wildman–Crippen LogP) is 6.82. The van der Waals surface area contributed by atoms with E-state index < -0.39 is 17.8 Å². The van der Waals surface area contributed by atoms with Gasteiger partial charge in [0.15, 0.2) is 0 Å². The Morgan fingerprint density at radius 3 is 2.34 bits per heavy atom. The summed E-state index contributed by atoms with van der Waals surface area (Å²) in [6.45, 7) is 11.0. The first-order chi connectivity index (χ1) is 19.4.